The van der Waals surface area contributed by atoms with E-state index in [9.17, 15) is 0 Å². The highest BCUT2D eigenvalue weighted by Gasteiger charge is 2.24. The Hall–Kier alpha value is -3.52. The van der Waals surface area contributed by atoms with Crippen LogP contribution in [0.5, 0.6) is 0 Å². The van der Waals surface area contributed by atoms with Gasteiger partial charge in [0.2, 0.25) is 0 Å². The van der Waals surface area contributed by atoms with Crippen LogP contribution in [0, 0.1) is 18.8 Å². The number of unbranched alkanes of at least 4 members (excludes halogenated alkanes) is 1. The monoisotopic (exact) mass is 693 g/mol. The Morgan fingerprint density at radius 3 is 2.27 bits per heavy atom. The van der Waals surface area contributed by atoms with E-state index in [4.69, 9.17) is 0 Å². The fraction of sp³-hybridized carbons (Fsp3) is 0.510. The molecule has 2 nitrogen and oxygen atoms in total. The van der Waals surface area contributed by atoms with Gasteiger partial charge in [-0.05, 0) is 86.3 Å². The van der Waals surface area contributed by atoms with Crippen LogP contribution < -0.4 is 4.90 Å². The van der Waals surface area contributed by atoms with Gasteiger partial charge in [-0.2, -0.15) is 0 Å². The Kier molecular flexibility index (Phi) is 22.7. The van der Waals surface area contributed by atoms with Crippen molar-refractivity contribution in [1.82, 2.24) is 4.90 Å². The van der Waals surface area contributed by atoms with E-state index in [1.807, 2.05) is 0 Å². The van der Waals surface area contributed by atoms with Gasteiger partial charge in [-0.15, -0.1) is 0 Å². The Morgan fingerprint density at radius 2 is 1.63 bits per heavy atom. The van der Waals surface area contributed by atoms with Crippen LogP contribution in [0.4, 0.5) is 5.69 Å². The lowest BCUT2D eigenvalue weighted by atomic mass is 9.94. The molecule has 4 atom stereocenters. The van der Waals surface area contributed by atoms with Crippen LogP contribution in [-0.4, -0.2) is 30.1 Å². The van der Waals surface area contributed by atoms with Gasteiger partial charge in [0.15, 0.2) is 0 Å². The number of hydrogen-bond donors (Lipinski definition) is 0. The minimum Gasteiger partial charge on any atom is -0.364 e. The first-order valence-electron chi connectivity index (χ1n) is 19.9. The molecule has 0 saturated carbocycles. The summed E-state index contributed by atoms with van der Waals surface area (Å²) in [5.41, 5.74) is 9.61. The molecule has 0 aromatic heterocycles. The lowest BCUT2D eigenvalue weighted by molar-refractivity contribution is 0.316. The molecular formula is C49H76N2. The van der Waals surface area contributed by atoms with E-state index in [1.165, 1.54) is 64.9 Å². The van der Waals surface area contributed by atoms with Crippen molar-refractivity contribution in [1.29, 1.82) is 0 Å². The first kappa shape index (κ1) is 45.5. The first-order valence-corrected chi connectivity index (χ1v) is 19.9. The van der Waals surface area contributed by atoms with Crippen LogP contribution >= 0.6 is 0 Å². The fourth-order valence-electron chi connectivity index (χ4n) is 6.58. The van der Waals surface area contributed by atoms with Crippen molar-refractivity contribution in [2.75, 3.05) is 18.0 Å². The normalized spacial score (nSPS) is 17.7. The zero-order chi connectivity index (χ0) is 36.9. The number of anilines is 1. The largest absolute Gasteiger partial charge is 0.364 e. The third-order valence-electron chi connectivity index (χ3n) is 10.00. The average Bonchev–Trinajstić information content (AvgIpc) is 3.30. The summed E-state index contributed by atoms with van der Waals surface area (Å²) < 4.78 is 0. The predicted octanol–water partition coefficient (Wildman–Crippen LogP) is 14.6. The Labute approximate surface area is 316 Å². The summed E-state index contributed by atoms with van der Waals surface area (Å²) >= 11 is 0. The van der Waals surface area contributed by atoms with Gasteiger partial charge >= 0.3 is 0 Å². The second kappa shape index (κ2) is 25.4. The Balaban J connectivity index is 0.00000313. The molecular weight excluding hydrogens is 617 g/mol. The van der Waals surface area contributed by atoms with Gasteiger partial charge in [0.05, 0.1) is 12.1 Å². The van der Waals surface area contributed by atoms with Crippen molar-refractivity contribution < 1.29 is 0 Å². The lowest BCUT2D eigenvalue weighted by Crippen LogP contribution is -2.39. The maximum Gasteiger partial charge on any atom is 0.0660 e. The molecule has 2 aliphatic rings. The van der Waals surface area contributed by atoms with E-state index in [1.54, 1.807) is 0 Å². The predicted molar refractivity (Wildman–Crippen MR) is 234 cm³/mol. The molecule has 0 spiro atoms. The van der Waals surface area contributed by atoms with E-state index in [0.29, 0.717) is 17.9 Å². The van der Waals surface area contributed by atoms with E-state index < -0.39 is 0 Å². The standard InChI is InChI=1S/C45H64N2.C3H8.CH4/c1-10-15-33-46(45-32-30-41(21-12-3)38(45)9)42-26-16-23-39(29-31-42)24-17-27-43(36(7)14-5)47(34-19-22-35(6)13-4)44-28-18-25-40(20-11-2)37(44)8;1-3-2;/h11-12,16-23,25-31,35-36,42-43H,10,13-15,24,32-34H2,1-9H3;3H2,1-2H3;1H4/b20-11-,21-12-,22-19-,27-17-;;. The fourth-order valence-corrected chi connectivity index (χ4v) is 6.58. The Morgan fingerprint density at radius 1 is 0.902 bits per heavy atom. The molecule has 0 N–H and O–H groups in total. The molecule has 0 bridgehead atoms. The number of hydrogen-bond acceptors (Lipinski definition) is 2. The summed E-state index contributed by atoms with van der Waals surface area (Å²) in [5, 5.41) is 0. The van der Waals surface area contributed by atoms with Crippen LogP contribution in [0.2, 0.25) is 0 Å². The van der Waals surface area contributed by atoms with Crippen LogP contribution in [0.15, 0.2) is 120 Å². The third-order valence-corrected chi connectivity index (χ3v) is 10.00. The van der Waals surface area contributed by atoms with E-state index >= 15 is 0 Å². The summed E-state index contributed by atoms with van der Waals surface area (Å²) in [6, 6.07) is 7.34. The highest BCUT2D eigenvalue weighted by atomic mass is 15.2. The van der Waals surface area contributed by atoms with Crippen LogP contribution in [0.3, 0.4) is 0 Å². The molecule has 2 heteroatoms. The topological polar surface area (TPSA) is 6.48 Å². The third kappa shape index (κ3) is 14.2. The molecule has 51 heavy (non-hydrogen) atoms. The van der Waals surface area contributed by atoms with E-state index in [0.717, 1.165) is 32.4 Å². The van der Waals surface area contributed by atoms with Crippen LogP contribution in [0.1, 0.15) is 133 Å². The van der Waals surface area contributed by atoms with E-state index in [-0.39, 0.29) is 13.5 Å². The van der Waals surface area contributed by atoms with Crippen molar-refractivity contribution in [3.8, 4) is 0 Å². The highest BCUT2D eigenvalue weighted by Crippen LogP contribution is 2.33. The summed E-state index contributed by atoms with van der Waals surface area (Å²) in [5.74, 6) is 1.11. The molecule has 4 unspecified atom stereocenters. The molecule has 1 aromatic carbocycles. The number of rotatable bonds is 18. The number of benzene rings is 1. The summed E-state index contributed by atoms with van der Waals surface area (Å²) in [6.07, 6.45) is 40.5. The molecule has 0 aliphatic heterocycles. The van der Waals surface area contributed by atoms with Crippen molar-refractivity contribution in [2.24, 2.45) is 11.8 Å². The molecule has 0 fully saturated rings. The quantitative estimate of drug-likeness (QED) is 0.141. The molecule has 0 amide bonds. The lowest BCUT2D eigenvalue weighted by Gasteiger charge is -2.36. The number of nitrogens with zero attached hydrogens (tertiary/aromatic N) is 2. The summed E-state index contributed by atoms with van der Waals surface area (Å²) in [7, 11) is 0. The number of allylic oxidation sites excluding steroid dienone is 12. The van der Waals surface area contributed by atoms with Gasteiger partial charge in [0, 0.05) is 30.9 Å². The molecule has 1 aromatic rings. The van der Waals surface area contributed by atoms with Crippen LogP contribution in [0.25, 0.3) is 6.08 Å². The second-order valence-electron chi connectivity index (χ2n) is 14.1. The van der Waals surface area contributed by atoms with Gasteiger partial charge in [-0.25, -0.2) is 0 Å². The molecule has 3 rings (SSSR count). The zero-order valence-electron chi connectivity index (χ0n) is 33.9. The first-order chi connectivity index (χ1) is 24.2. The zero-order valence-corrected chi connectivity index (χ0v) is 33.9. The van der Waals surface area contributed by atoms with Gasteiger partial charge in [-0.3, -0.25) is 0 Å². The smallest absolute Gasteiger partial charge is 0.0660 e. The summed E-state index contributed by atoms with van der Waals surface area (Å²) in [6.45, 7) is 26.6. The molecule has 282 valence electrons. The average molecular weight is 693 g/mol. The van der Waals surface area contributed by atoms with Crippen molar-refractivity contribution >= 4 is 11.8 Å². The molecule has 2 aliphatic carbocycles. The van der Waals surface area contributed by atoms with Gasteiger partial charge in [0.1, 0.15) is 0 Å². The van der Waals surface area contributed by atoms with Crippen LogP contribution in [-0.2, 0) is 0 Å². The van der Waals surface area contributed by atoms with E-state index in [2.05, 4.69) is 189 Å². The van der Waals surface area contributed by atoms with Gasteiger partial charge in [-0.1, -0.05) is 179 Å². The maximum atomic E-state index is 2.64. The molecule has 0 saturated heterocycles. The minimum absolute atomic E-state index is 0. The molecule has 0 radical (unpaired) electrons. The SMILES string of the molecule is C.C/C=C\C1=CCC(N(CCCC)C2C=CC=C(C/C=C\C(C(C)CC)N(C/C=C\C(C)CC)c3cccc(/C=C\C)c3C)C=C2)=C1C.CCC. The van der Waals surface area contributed by atoms with Crippen molar-refractivity contribution in [2.45, 2.75) is 141 Å². The Bertz CT molecular complexity index is 1420. The van der Waals surface area contributed by atoms with Crippen molar-refractivity contribution in [3.05, 3.63) is 131 Å². The highest BCUT2D eigenvalue weighted by molar-refractivity contribution is 5.66. The second-order valence-corrected chi connectivity index (χ2v) is 14.1. The minimum atomic E-state index is 0. The molecule has 0 heterocycles. The van der Waals surface area contributed by atoms with Gasteiger partial charge in [0.25, 0.3) is 0 Å². The van der Waals surface area contributed by atoms with Crippen molar-refractivity contribution in [3.63, 3.8) is 0 Å². The maximum absolute atomic E-state index is 2.64. The van der Waals surface area contributed by atoms with Gasteiger partial charge < -0.3 is 9.80 Å². The summed E-state index contributed by atoms with van der Waals surface area (Å²) in [4.78, 5) is 5.28.